The van der Waals surface area contributed by atoms with Crippen molar-refractivity contribution in [1.29, 1.82) is 0 Å². The van der Waals surface area contributed by atoms with Crippen LogP contribution in [-0.4, -0.2) is 0 Å². The molecule has 0 unspecified atom stereocenters. The summed E-state index contributed by atoms with van der Waals surface area (Å²) in [7, 11) is 0. The van der Waals surface area contributed by atoms with Gasteiger partial charge in [-0.05, 0) is 19.8 Å². The Morgan fingerprint density at radius 3 is 2.22 bits per heavy atom. The normalized spacial score (nSPS) is 8.22. The average Bonchev–Trinajstić information content (AvgIpc) is 1.66. The van der Waals surface area contributed by atoms with Crippen molar-refractivity contribution in [3.63, 3.8) is 0 Å². The highest BCUT2D eigenvalue weighted by Gasteiger charge is 1.84. The van der Waals surface area contributed by atoms with Crippen molar-refractivity contribution in [3.8, 4) is 0 Å². The van der Waals surface area contributed by atoms with Crippen LogP contribution in [0.1, 0.15) is 39.5 Å². The van der Waals surface area contributed by atoms with Gasteiger partial charge in [0.1, 0.15) is 0 Å². The maximum absolute atomic E-state index is 3.83. The summed E-state index contributed by atoms with van der Waals surface area (Å²) in [6, 6.07) is 0. The summed E-state index contributed by atoms with van der Waals surface area (Å²) in [5, 5.41) is 0. The van der Waals surface area contributed by atoms with E-state index in [1.54, 1.807) is 0 Å². The zero-order valence-corrected chi connectivity index (χ0v) is 8.77. The molecule has 0 radical (unpaired) electrons. The maximum atomic E-state index is 3.83. The highest BCUT2D eigenvalue weighted by atomic mass is 127. The van der Waals surface area contributed by atoms with Crippen LogP contribution in [0, 0.1) is 0 Å². The third kappa shape index (κ3) is 11.8. The number of hydrogen-bond donors (Lipinski definition) is 0. The van der Waals surface area contributed by atoms with E-state index >= 15 is 0 Å². The van der Waals surface area contributed by atoms with Gasteiger partial charge in [-0.1, -0.05) is 25.3 Å². The number of allylic oxidation sites excluding steroid dienone is 1. The standard InChI is InChI=1S/C8H16.HI/c1-4-5-6-7-8(2)3;/h2,4-7H2,1,3H3;1H. The fourth-order valence-corrected chi connectivity index (χ4v) is 0.677. The molecule has 0 saturated heterocycles. The molecule has 0 saturated carbocycles. The topological polar surface area (TPSA) is 0 Å². The number of rotatable bonds is 4. The van der Waals surface area contributed by atoms with E-state index in [2.05, 4.69) is 20.4 Å². The van der Waals surface area contributed by atoms with Crippen molar-refractivity contribution in [2.24, 2.45) is 0 Å². The Bertz CT molecular complexity index is 67.0. The summed E-state index contributed by atoms with van der Waals surface area (Å²) >= 11 is 0. The summed E-state index contributed by atoms with van der Waals surface area (Å²) in [6.07, 6.45) is 5.21. The minimum absolute atomic E-state index is 0. The lowest BCUT2D eigenvalue weighted by Crippen LogP contribution is -1.74. The number of hydrogen-bond acceptors (Lipinski definition) is 0. The van der Waals surface area contributed by atoms with Gasteiger partial charge < -0.3 is 0 Å². The summed E-state index contributed by atoms with van der Waals surface area (Å²) in [5.41, 5.74) is 1.32. The molecule has 0 N–H and O–H groups in total. The van der Waals surface area contributed by atoms with Gasteiger partial charge in [0.15, 0.2) is 0 Å². The van der Waals surface area contributed by atoms with Crippen molar-refractivity contribution in [2.75, 3.05) is 0 Å². The summed E-state index contributed by atoms with van der Waals surface area (Å²) < 4.78 is 0. The third-order valence-corrected chi connectivity index (χ3v) is 1.21. The first kappa shape index (κ1) is 12.2. The van der Waals surface area contributed by atoms with Gasteiger partial charge >= 0.3 is 0 Å². The van der Waals surface area contributed by atoms with Crippen LogP contribution < -0.4 is 0 Å². The Morgan fingerprint density at radius 1 is 1.33 bits per heavy atom. The molecule has 0 bridgehead atoms. The van der Waals surface area contributed by atoms with Crippen molar-refractivity contribution < 1.29 is 0 Å². The van der Waals surface area contributed by atoms with Crippen LogP contribution in [0.3, 0.4) is 0 Å². The van der Waals surface area contributed by atoms with Gasteiger partial charge in [0, 0.05) is 0 Å². The molecule has 0 amide bonds. The fourth-order valence-electron chi connectivity index (χ4n) is 0.677. The molecule has 0 aliphatic heterocycles. The van der Waals surface area contributed by atoms with Gasteiger partial charge in [-0.2, -0.15) is 0 Å². The predicted molar refractivity (Wildman–Crippen MR) is 54.4 cm³/mol. The van der Waals surface area contributed by atoms with Gasteiger partial charge in [0.2, 0.25) is 0 Å². The molecule has 0 atom stereocenters. The largest absolute Gasteiger partial charge is 0.107 e. The molecule has 0 spiro atoms. The zero-order valence-electron chi connectivity index (χ0n) is 6.44. The second kappa shape index (κ2) is 8.47. The van der Waals surface area contributed by atoms with Crippen LogP contribution >= 0.6 is 24.0 Å². The van der Waals surface area contributed by atoms with Crippen molar-refractivity contribution >= 4 is 24.0 Å². The highest BCUT2D eigenvalue weighted by Crippen LogP contribution is 2.04. The Kier molecular flexibility index (Phi) is 11.5. The maximum Gasteiger partial charge on any atom is -0.0326 e. The lowest BCUT2D eigenvalue weighted by Gasteiger charge is -1.94. The Labute approximate surface area is 75.7 Å². The van der Waals surface area contributed by atoms with Crippen LogP contribution in [0.2, 0.25) is 0 Å². The van der Waals surface area contributed by atoms with Crippen LogP contribution in [0.4, 0.5) is 0 Å². The molecule has 0 aromatic heterocycles. The molecule has 0 heterocycles. The minimum Gasteiger partial charge on any atom is -0.107 e. The Morgan fingerprint density at radius 2 is 1.89 bits per heavy atom. The molecule has 0 fully saturated rings. The van der Waals surface area contributed by atoms with Crippen LogP contribution in [0.5, 0.6) is 0 Å². The zero-order chi connectivity index (χ0) is 6.41. The molecule has 9 heavy (non-hydrogen) atoms. The minimum atomic E-state index is 0. The van der Waals surface area contributed by atoms with Crippen molar-refractivity contribution in [2.45, 2.75) is 39.5 Å². The summed E-state index contributed by atoms with van der Waals surface area (Å²) in [5.74, 6) is 0. The Balaban J connectivity index is 0. The van der Waals surface area contributed by atoms with E-state index in [0.29, 0.717) is 0 Å². The van der Waals surface area contributed by atoms with Crippen LogP contribution in [-0.2, 0) is 0 Å². The Hall–Kier alpha value is 0.470. The molecule has 0 nitrogen and oxygen atoms in total. The quantitative estimate of drug-likeness (QED) is 0.398. The van der Waals surface area contributed by atoms with Crippen LogP contribution in [0.25, 0.3) is 0 Å². The van der Waals surface area contributed by atoms with E-state index in [4.69, 9.17) is 0 Å². The lowest BCUT2D eigenvalue weighted by atomic mass is 10.1. The van der Waals surface area contributed by atoms with Crippen molar-refractivity contribution in [3.05, 3.63) is 12.2 Å². The van der Waals surface area contributed by atoms with Gasteiger partial charge in [-0.25, -0.2) is 0 Å². The average molecular weight is 240 g/mol. The van der Waals surface area contributed by atoms with Crippen LogP contribution in [0.15, 0.2) is 12.2 Å². The lowest BCUT2D eigenvalue weighted by molar-refractivity contribution is 0.714. The number of halogens is 1. The molecule has 0 rings (SSSR count). The first-order valence-electron chi connectivity index (χ1n) is 3.41. The molecule has 0 aliphatic carbocycles. The van der Waals surface area contributed by atoms with E-state index in [1.807, 2.05) is 0 Å². The SMILES string of the molecule is C=C(C)CCCCC.I. The second-order valence-corrected chi connectivity index (χ2v) is 2.41. The predicted octanol–water partition coefficient (Wildman–Crippen LogP) is 3.76. The molecular weight excluding hydrogens is 223 g/mol. The first-order valence-corrected chi connectivity index (χ1v) is 3.41. The first-order chi connectivity index (χ1) is 3.77. The van der Waals surface area contributed by atoms with Gasteiger partial charge in [-0.3, -0.25) is 0 Å². The van der Waals surface area contributed by atoms with E-state index in [-0.39, 0.29) is 24.0 Å². The van der Waals surface area contributed by atoms with Gasteiger partial charge in [0.25, 0.3) is 0 Å². The van der Waals surface area contributed by atoms with E-state index in [0.717, 1.165) is 0 Å². The van der Waals surface area contributed by atoms with Crippen molar-refractivity contribution in [1.82, 2.24) is 0 Å². The van der Waals surface area contributed by atoms with E-state index < -0.39 is 0 Å². The second-order valence-electron chi connectivity index (χ2n) is 2.41. The summed E-state index contributed by atoms with van der Waals surface area (Å²) in [4.78, 5) is 0. The molecule has 0 aromatic carbocycles. The highest BCUT2D eigenvalue weighted by molar-refractivity contribution is 14.0. The van der Waals surface area contributed by atoms with Gasteiger partial charge in [-0.15, -0.1) is 30.6 Å². The fraction of sp³-hybridized carbons (Fsp3) is 0.750. The molecule has 56 valence electrons. The monoisotopic (exact) mass is 240 g/mol. The summed E-state index contributed by atoms with van der Waals surface area (Å²) in [6.45, 7) is 8.14. The molecule has 1 heteroatoms. The van der Waals surface area contributed by atoms with E-state index in [9.17, 15) is 0 Å². The number of unbranched alkanes of at least 4 members (excludes halogenated alkanes) is 2. The smallest absolute Gasteiger partial charge is 0.0326 e. The van der Waals surface area contributed by atoms with Gasteiger partial charge in [0.05, 0.1) is 0 Å². The molecular formula is C8H17I. The molecule has 0 aliphatic rings. The molecule has 0 aromatic rings. The third-order valence-electron chi connectivity index (χ3n) is 1.21. The van der Waals surface area contributed by atoms with E-state index in [1.165, 1.54) is 31.3 Å².